The van der Waals surface area contributed by atoms with Gasteiger partial charge in [-0.05, 0) is 18.6 Å². The molecule has 1 N–H and O–H groups in total. The second kappa shape index (κ2) is 8.08. The molecule has 1 aromatic carbocycles. The van der Waals surface area contributed by atoms with Crippen LogP contribution in [0, 0.1) is 0 Å². The Kier molecular flexibility index (Phi) is 6.36. The fourth-order valence-corrected chi connectivity index (χ4v) is 1.73. The quantitative estimate of drug-likeness (QED) is 0.606. The van der Waals surface area contributed by atoms with Crippen LogP contribution < -0.4 is 4.90 Å². The van der Waals surface area contributed by atoms with E-state index >= 15 is 0 Å². The van der Waals surface area contributed by atoms with E-state index in [1.807, 2.05) is 30.3 Å². The van der Waals surface area contributed by atoms with Gasteiger partial charge in [0.1, 0.15) is 0 Å². The summed E-state index contributed by atoms with van der Waals surface area (Å²) in [7, 11) is 0. The Labute approximate surface area is 113 Å². The smallest absolute Gasteiger partial charge is 0.328 e. The van der Waals surface area contributed by atoms with Gasteiger partial charge in [0.05, 0.1) is 0 Å². The largest absolute Gasteiger partial charge is 0.478 e. The maximum atomic E-state index is 12.0. The lowest BCUT2D eigenvalue weighted by Crippen LogP contribution is -2.30. The molecule has 0 aliphatic carbocycles. The number of hydrogen-bond acceptors (Lipinski definition) is 2. The molecule has 0 radical (unpaired) electrons. The molecular weight excluding hydrogens is 242 g/mol. The van der Waals surface area contributed by atoms with Gasteiger partial charge in [-0.25, -0.2) is 4.79 Å². The van der Waals surface area contributed by atoms with E-state index in [2.05, 4.69) is 6.92 Å². The lowest BCUT2D eigenvalue weighted by molar-refractivity contribution is -0.131. The zero-order valence-electron chi connectivity index (χ0n) is 11.1. The molecule has 0 fully saturated rings. The van der Waals surface area contributed by atoms with Gasteiger partial charge >= 0.3 is 5.97 Å². The van der Waals surface area contributed by atoms with Crippen molar-refractivity contribution in [1.82, 2.24) is 0 Å². The number of para-hydroxylation sites is 1. The number of anilines is 1. The summed E-state index contributed by atoms with van der Waals surface area (Å²) in [6, 6.07) is 9.29. The Bertz CT molecular complexity index is 440. The van der Waals surface area contributed by atoms with Gasteiger partial charge in [0, 0.05) is 24.4 Å². The Balaban J connectivity index is 2.80. The van der Waals surface area contributed by atoms with E-state index in [0.29, 0.717) is 6.54 Å². The van der Waals surface area contributed by atoms with Crippen LogP contribution >= 0.6 is 0 Å². The second-order valence-corrected chi connectivity index (χ2v) is 4.20. The highest BCUT2D eigenvalue weighted by Crippen LogP contribution is 2.15. The summed E-state index contributed by atoms with van der Waals surface area (Å²) >= 11 is 0. The number of hydrogen-bond donors (Lipinski definition) is 1. The standard InChI is InChI=1S/C15H19NO3/c1-2-3-7-12-16(13-8-5-4-6-9-13)14(17)10-11-15(18)19/h4-6,8-11H,2-3,7,12H2,1H3,(H,18,19). The van der Waals surface area contributed by atoms with Crippen molar-refractivity contribution < 1.29 is 14.7 Å². The van der Waals surface area contributed by atoms with E-state index < -0.39 is 5.97 Å². The number of unbranched alkanes of at least 4 members (excludes halogenated alkanes) is 2. The maximum Gasteiger partial charge on any atom is 0.328 e. The molecule has 0 aromatic heterocycles. The minimum Gasteiger partial charge on any atom is -0.478 e. The van der Waals surface area contributed by atoms with Crippen LogP contribution in [0.4, 0.5) is 5.69 Å². The van der Waals surface area contributed by atoms with Crippen LogP contribution in [-0.4, -0.2) is 23.5 Å². The first kappa shape index (κ1) is 15.0. The van der Waals surface area contributed by atoms with Crippen LogP contribution in [0.15, 0.2) is 42.5 Å². The summed E-state index contributed by atoms with van der Waals surface area (Å²) in [6.07, 6.45) is 4.98. The second-order valence-electron chi connectivity index (χ2n) is 4.20. The van der Waals surface area contributed by atoms with Crippen LogP contribution in [0.25, 0.3) is 0 Å². The normalized spacial score (nSPS) is 10.6. The van der Waals surface area contributed by atoms with Crippen molar-refractivity contribution in [3.63, 3.8) is 0 Å². The number of aliphatic carboxylic acids is 1. The van der Waals surface area contributed by atoms with Gasteiger partial charge in [-0.1, -0.05) is 38.0 Å². The predicted octanol–water partition coefficient (Wildman–Crippen LogP) is 2.85. The third-order valence-corrected chi connectivity index (χ3v) is 2.69. The first-order chi connectivity index (χ1) is 9.15. The number of nitrogens with zero attached hydrogens (tertiary/aromatic N) is 1. The number of carboxylic acid groups (broad SMARTS) is 1. The molecule has 0 unspecified atom stereocenters. The Morgan fingerprint density at radius 1 is 1.16 bits per heavy atom. The minimum absolute atomic E-state index is 0.301. The first-order valence-electron chi connectivity index (χ1n) is 6.42. The SMILES string of the molecule is CCCCCN(C(=O)C=CC(=O)O)c1ccccc1. The molecule has 0 aliphatic rings. The van der Waals surface area contributed by atoms with Crippen LogP contribution in [-0.2, 0) is 9.59 Å². The van der Waals surface area contributed by atoms with E-state index in [1.165, 1.54) is 0 Å². The van der Waals surface area contributed by atoms with E-state index in [0.717, 1.165) is 37.1 Å². The summed E-state index contributed by atoms with van der Waals surface area (Å²) < 4.78 is 0. The summed E-state index contributed by atoms with van der Waals surface area (Å²) in [6.45, 7) is 2.69. The Morgan fingerprint density at radius 3 is 2.42 bits per heavy atom. The molecule has 4 heteroatoms. The molecule has 4 nitrogen and oxygen atoms in total. The molecule has 102 valence electrons. The molecular formula is C15H19NO3. The zero-order valence-corrected chi connectivity index (χ0v) is 11.1. The lowest BCUT2D eigenvalue weighted by atomic mass is 10.2. The molecule has 0 heterocycles. The third-order valence-electron chi connectivity index (χ3n) is 2.69. The van der Waals surface area contributed by atoms with E-state index in [-0.39, 0.29) is 5.91 Å². The number of carbonyl (C=O) groups is 2. The highest BCUT2D eigenvalue weighted by molar-refractivity contribution is 6.04. The van der Waals surface area contributed by atoms with Crippen LogP contribution in [0.2, 0.25) is 0 Å². The molecule has 1 amide bonds. The lowest BCUT2D eigenvalue weighted by Gasteiger charge is -2.21. The summed E-state index contributed by atoms with van der Waals surface area (Å²) in [5, 5.41) is 8.57. The van der Waals surface area contributed by atoms with Crippen molar-refractivity contribution >= 4 is 17.6 Å². The van der Waals surface area contributed by atoms with Gasteiger partial charge in [0.2, 0.25) is 0 Å². The maximum absolute atomic E-state index is 12.0. The number of carboxylic acids is 1. The highest BCUT2D eigenvalue weighted by Gasteiger charge is 2.12. The molecule has 0 saturated carbocycles. The molecule has 19 heavy (non-hydrogen) atoms. The summed E-state index contributed by atoms with van der Waals surface area (Å²) in [4.78, 5) is 24.1. The van der Waals surface area contributed by atoms with Gasteiger partial charge in [0.15, 0.2) is 0 Å². The molecule has 1 rings (SSSR count). The third kappa shape index (κ3) is 5.38. The van der Waals surface area contributed by atoms with Crippen LogP contribution in [0.3, 0.4) is 0 Å². The highest BCUT2D eigenvalue weighted by atomic mass is 16.4. The molecule has 1 aromatic rings. The topological polar surface area (TPSA) is 57.6 Å². The minimum atomic E-state index is -1.12. The van der Waals surface area contributed by atoms with Crippen molar-refractivity contribution in [2.24, 2.45) is 0 Å². The summed E-state index contributed by atoms with van der Waals surface area (Å²) in [5.41, 5.74) is 0.790. The van der Waals surface area contributed by atoms with Crippen molar-refractivity contribution in [2.75, 3.05) is 11.4 Å². The van der Waals surface area contributed by atoms with E-state index in [9.17, 15) is 9.59 Å². The molecule has 0 bridgehead atoms. The van der Waals surface area contributed by atoms with Crippen molar-refractivity contribution in [3.8, 4) is 0 Å². The molecule has 0 aliphatic heterocycles. The van der Waals surface area contributed by atoms with Crippen molar-refractivity contribution in [3.05, 3.63) is 42.5 Å². The fraction of sp³-hybridized carbons (Fsp3) is 0.333. The fourth-order valence-electron chi connectivity index (χ4n) is 1.73. The molecule has 0 saturated heterocycles. The van der Waals surface area contributed by atoms with Gasteiger partial charge < -0.3 is 10.0 Å². The Hall–Kier alpha value is -2.10. The summed E-state index contributed by atoms with van der Waals surface area (Å²) in [5.74, 6) is -1.42. The predicted molar refractivity (Wildman–Crippen MR) is 75.1 cm³/mol. The van der Waals surface area contributed by atoms with Gasteiger partial charge in [-0.3, -0.25) is 4.79 Å². The van der Waals surface area contributed by atoms with Crippen molar-refractivity contribution in [1.29, 1.82) is 0 Å². The van der Waals surface area contributed by atoms with Crippen LogP contribution in [0.1, 0.15) is 26.2 Å². The van der Waals surface area contributed by atoms with Gasteiger partial charge in [-0.2, -0.15) is 0 Å². The van der Waals surface area contributed by atoms with Gasteiger partial charge in [0.25, 0.3) is 5.91 Å². The Morgan fingerprint density at radius 2 is 1.84 bits per heavy atom. The van der Waals surface area contributed by atoms with Gasteiger partial charge in [-0.15, -0.1) is 0 Å². The van der Waals surface area contributed by atoms with Crippen molar-refractivity contribution in [2.45, 2.75) is 26.2 Å². The molecule has 0 atom stereocenters. The van der Waals surface area contributed by atoms with Crippen LogP contribution in [0.5, 0.6) is 0 Å². The monoisotopic (exact) mass is 261 g/mol. The zero-order chi connectivity index (χ0) is 14.1. The first-order valence-corrected chi connectivity index (χ1v) is 6.42. The van der Waals surface area contributed by atoms with E-state index in [4.69, 9.17) is 5.11 Å². The van der Waals surface area contributed by atoms with E-state index in [1.54, 1.807) is 4.90 Å². The number of amides is 1. The molecule has 0 spiro atoms. The average Bonchev–Trinajstić information content (AvgIpc) is 2.42. The number of carbonyl (C=O) groups excluding carboxylic acids is 1. The number of benzene rings is 1. The average molecular weight is 261 g/mol. The number of rotatable bonds is 7.